The van der Waals surface area contributed by atoms with Crippen molar-refractivity contribution in [2.75, 3.05) is 13.7 Å². The molecular formula is C30H37FO9. The molecule has 218 valence electrons. The van der Waals surface area contributed by atoms with E-state index in [0.717, 1.165) is 11.1 Å². The molecule has 0 N–H and O–H groups in total. The number of fused-ring (bicyclic) bond motifs is 2. The normalized spacial score (nSPS) is 40.8. The fourth-order valence-electron chi connectivity index (χ4n) is 5.81. The van der Waals surface area contributed by atoms with E-state index >= 15 is 4.39 Å². The van der Waals surface area contributed by atoms with Crippen LogP contribution in [0.5, 0.6) is 0 Å². The fraction of sp³-hybridized carbons (Fsp3) is 0.600. The van der Waals surface area contributed by atoms with E-state index in [-0.39, 0.29) is 13.2 Å². The highest BCUT2D eigenvalue weighted by atomic mass is 19.1. The van der Waals surface area contributed by atoms with E-state index < -0.39 is 73.6 Å². The summed E-state index contributed by atoms with van der Waals surface area (Å²) in [5, 5.41) is 0. The quantitative estimate of drug-likeness (QED) is 0.498. The van der Waals surface area contributed by atoms with Crippen molar-refractivity contribution >= 4 is 0 Å². The van der Waals surface area contributed by atoms with Crippen molar-refractivity contribution in [3.05, 3.63) is 71.8 Å². The predicted molar refractivity (Wildman–Crippen MR) is 139 cm³/mol. The molecule has 10 heteroatoms. The number of hydrogen-bond acceptors (Lipinski definition) is 9. The van der Waals surface area contributed by atoms with Gasteiger partial charge in [0.1, 0.15) is 36.6 Å². The number of alkyl halides is 1. The molecule has 0 bridgehead atoms. The van der Waals surface area contributed by atoms with Gasteiger partial charge in [0.15, 0.2) is 30.8 Å². The first-order valence-electron chi connectivity index (χ1n) is 13.8. The molecule has 2 aromatic carbocycles. The van der Waals surface area contributed by atoms with E-state index in [1.807, 2.05) is 81.4 Å². The van der Waals surface area contributed by atoms with E-state index in [4.69, 9.17) is 42.6 Å². The van der Waals surface area contributed by atoms with Crippen LogP contribution in [0.3, 0.4) is 0 Å². The maximum absolute atomic E-state index is 16.4. The van der Waals surface area contributed by atoms with Crippen molar-refractivity contribution in [3.63, 3.8) is 0 Å². The molecule has 4 saturated heterocycles. The summed E-state index contributed by atoms with van der Waals surface area (Å²) in [6.45, 7) is 5.82. The van der Waals surface area contributed by atoms with Crippen LogP contribution in [0.15, 0.2) is 60.7 Å². The molecule has 11 atom stereocenters. The Morgan fingerprint density at radius 1 is 0.850 bits per heavy atom. The SMILES string of the molecule is CO[C@@H]1O[C@@H](C)[C@H](O[C@H]2O[C@@H]3CO[C@@H](c4ccccc4)O[C@H]3[C@H](F)[C@H]2OCc2ccccc2)[C@H]2OC(C)(C)O[C@@H]12. The van der Waals surface area contributed by atoms with Crippen molar-refractivity contribution in [1.29, 1.82) is 0 Å². The van der Waals surface area contributed by atoms with Crippen molar-refractivity contribution in [1.82, 2.24) is 0 Å². The summed E-state index contributed by atoms with van der Waals surface area (Å²) in [6.07, 6.45) is -8.83. The lowest BCUT2D eigenvalue weighted by Gasteiger charge is -2.48. The summed E-state index contributed by atoms with van der Waals surface area (Å²) in [5.74, 6) is -0.872. The molecule has 0 spiro atoms. The molecule has 4 heterocycles. The lowest BCUT2D eigenvalue weighted by atomic mass is 9.97. The standard InChI is InChI=1S/C30H37FO9/c1-17-22(25-26(28(32-4)35-17)40-30(2,3)39-25)37-29-24(33-15-18-11-7-5-8-12-18)21(31)23-20(36-29)16-34-27(38-23)19-13-9-6-10-14-19/h5-14,17,20-29H,15-16H2,1-4H3/t17-,20+,21-,22-,23+,24+,25+,26+,27+,28+,29+/m0/s1. The predicted octanol–water partition coefficient (Wildman–Crippen LogP) is 4.05. The zero-order valence-corrected chi connectivity index (χ0v) is 23.1. The number of halogens is 1. The van der Waals surface area contributed by atoms with Gasteiger partial charge in [0.2, 0.25) is 0 Å². The zero-order chi connectivity index (χ0) is 27.9. The van der Waals surface area contributed by atoms with Crippen LogP contribution >= 0.6 is 0 Å². The smallest absolute Gasteiger partial charge is 0.187 e. The van der Waals surface area contributed by atoms with Crippen LogP contribution in [-0.4, -0.2) is 81.0 Å². The molecule has 2 aromatic rings. The van der Waals surface area contributed by atoms with Gasteiger partial charge in [0, 0.05) is 12.7 Å². The second-order valence-electron chi connectivity index (χ2n) is 11.0. The van der Waals surface area contributed by atoms with Crippen LogP contribution in [0, 0.1) is 0 Å². The topological polar surface area (TPSA) is 83.1 Å². The maximum Gasteiger partial charge on any atom is 0.187 e. The summed E-state index contributed by atoms with van der Waals surface area (Å²) >= 11 is 0. The van der Waals surface area contributed by atoms with Gasteiger partial charge >= 0.3 is 0 Å². The molecule has 0 saturated carbocycles. The molecule has 9 nitrogen and oxygen atoms in total. The van der Waals surface area contributed by atoms with E-state index in [9.17, 15) is 0 Å². The molecule has 6 rings (SSSR count). The van der Waals surface area contributed by atoms with Gasteiger partial charge in [0.25, 0.3) is 0 Å². The van der Waals surface area contributed by atoms with E-state index in [0.29, 0.717) is 0 Å². The lowest BCUT2D eigenvalue weighted by Crippen LogP contribution is -2.64. The third-order valence-corrected chi connectivity index (χ3v) is 7.71. The average molecular weight is 561 g/mol. The van der Waals surface area contributed by atoms with E-state index in [1.165, 1.54) is 0 Å². The van der Waals surface area contributed by atoms with E-state index in [1.54, 1.807) is 7.11 Å². The molecule has 0 unspecified atom stereocenters. The van der Waals surface area contributed by atoms with Gasteiger partial charge in [-0.25, -0.2) is 4.39 Å². The largest absolute Gasteiger partial charge is 0.365 e. The van der Waals surface area contributed by atoms with Crippen molar-refractivity contribution in [3.8, 4) is 0 Å². The summed E-state index contributed by atoms with van der Waals surface area (Å²) in [4.78, 5) is 0. The van der Waals surface area contributed by atoms with Crippen LogP contribution < -0.4 is 0 Å². The van der Waals surface area contributed by atoms with Gasteiger partial charge in [-0.2, -0.15) is 0 Å². The van der Waals surface area contributed by atoms with Crippen LogP contribution in [0.4, 0.5) is 4.39 Å². The first-order valence-corrected chi connectivity index (χ1v) is 13.8. The molecule has 4 fully saturated rings. The molecule has 4 aliphatic heterocycles. The summed E-state index contributed by atoms with van der Waals surface area (Å²) in [5.41, 5.74) is 1.71. The average Bonchev–Trinajstić information content (AvgIpc) is 3.30. The molecule has 0 radical (unpaired) electrons. The van der Waals surface area contributed by atoms with Crippen LogP contribution in [-0.2, 0) is 49.2 Å². The molecule has 40 heavy (non-hydrogen) atoms. The van der Waals surface area contributed by atoms with Gasteiger partial charge < -0.3 is 42.6 Å². The molecule has 0 amide bonds. The number of benzene rings is 2. The summed E-state index contributed by atoms with van der Waals surface area (Å²) in [6, 6.07) is 19.0. The minimum Gasteiger partial charge on any atom is -0.365 e. The van der Waals surface area contributed by atoms with Gasteiger partial charge in [-0.1, -0.05) is 60.7 Å². The Bertz CT molecular complexity index is 1100. The zero-order valence-electron chi connectivity index (χ0n) is 23.1. The number of hydrogen-bond donors (Lipinski definition) is 0. The number of methoxy groups -OCH3 is 1. The highest BCUT2D eigenvalue weighted by molar-refractivity contribution is 5.17. The second kappa shape index (κ2) is 11.7. The first-order chi connectivity index (χ1) is 19.3. The van der Waals surface area contributed by atoms with Crippen molar-refractivity contribution in [2.24, 2.45) is 0 Å². The minimum atomic E-state index is -1.55. The first kappa shape index (κ1) is 28.1. The Morgan fingerprint density at radius 2 is 1.55 bits per heavy atom. The van der Waals surface area contributed by atoms with Crippen LogP contribution in [0.1, 0.15) is 38.2 Å². The highest BCUT2D eigenvalue weighted by Crippen LogP contribution is 2.42. The highest BCUT2D eigenvalue weighted by Gasteiger charge is 2.58. The van der Waals surface area contributed by atoms with Gasteiger partial charge in [-0.15, -0.1) is 0 Å². The fourth-order valence-corrected chi connectivity index (χ4v) is 5.81. The summed E-state index contributed by atoms with van der Waals surface area (Å²) in [7, 11) is 1.56. The third kappa shape index (κ3) is 5.70. The van der Waals surface area contributed by atoms with Gasteiger partial charge in [-0.3, -0.25) is 0 Å². The van der Waals surface area contributed by atoms with Gasteiger partial charge in [0.05, 0.1) is 19.3 Å². The Balaban J connectivity index is 1.23. The Labute approximate surface area is 233 Å². The van der Waals surface area contributed by atoms with E-state index in [2.05, 4.69) is 0 Å². The third-order valence-electron chi connectivity index (χ3n) is 7.71. The van der Waals surface area contributed by atoms with Crippen LogP contribution in [0.25, 0.3) is 0 Å². The number of ether oxygens (including phenoxy) is 9. The molecule has 0 aliphatic carbocycles. The second-order valence-corrected chi connectivity index (χ2v) is 11.0. The minimum absolute atomic E-state index is 0.136. The summed E-state index contributed by atoms with van der Waals surface area (Å²) < 4.78 is 71.3. The Kier molecular flexibility index (Phi) is 8.24. The van der Waals surface area contributed by atoms with Crippen LogP contribution in [0.2, 0.25) is 0 Å². The lowest BCUT2D eigenvalue weighted by molar-refractivity contribution is -0.377. The van der Waals surface area contributed by atoms with Crippen molar-refractivity contribution in [2.45, 2.75) is 101 Å². The monoisotopic (exact) mass is 560 g/mol. The molecule has 0 aromatic heterocycles. The Hall–Kier alpha value is -1.99. The van der Waals surface area contributed by atoms with Gasteiger partial charge in [-0.05, 0) is 26.3 Å². The maximum atomic E-state index is 16.4. The van der Waals surface area contributed by atoms with Crippen molar-refractivity contribution < 1.29 is 47.0 Å². The number of rotatable bonds is 7. The Morgan fingerprint density at radius 3 is 2.27 bits per heavy atom. The molecule has 4 aliphatic rings. The molecular weight excluding hydrogens is 523 g/mol.